The van der Waals surface area contributed by atoms with Gasteiger partial charge in [-0.25, -0.2) is 4.98 Å². The molecule has 2 heterocycles. The van der Waals surface area contributed by atoms with Crippen LogP contribution >= 0.6 is 23.1 Å². The molecular formula is C18H18N2O2S2. The fourth-order valence-corrected chi connectivity index (χ4v) is 4.07. The Labute approximate surface area is 149 Å². The zero-order valence-electron chi connectivity index (χ0n) is 13.5. The molecule has 3 rings (SSSR count). The molecule has 124 valence electrons. The highest BCUT2D eigenvalue weighted by atomic mass is 32.2. The van der Waals surface area contributed by atoms with E-state index in [9.17, 15) is 4.79 Å². The molecule has 4 nitrogen and oxygen atoms in total. The van der Waals surface area contributed by atoms with Gasteiger partial charge in [0.05, 0.1) is 16.6 Å². The van der Waals surface area contributed by atoms with Crippen molar-refractivity contribution in [2.24, 2.45) is 5.92 Å². The molecule has 0 saturated carbocycles. The third-order valence-electron chi connectivity index (χ3n) is 3.45. The van der Waals surface area contributed by atoms with Crippen molar-refractivity contribution in [3.05, 3.63) is 51.3 Å². The van der Waals surface area contributed by atoms with Crippen molar-refractivity contribution in [2.45, 2.75) is 19.8 Å². The Kier molecular flexibility index (Phi) is 5.16. The molecule has 6 heteroatoms. The van der Waals surface area contributed by atoms with E-state index >= 15 is 0 Å². The van der Waals surface area contributed by atoms with E-state index in [1.807, 2.05) is 35.7 Å². The van der Waals surface area contributed by atoms with Gasteiger partial charge in [-0.15, -0.1) is 11.3 Å². The van der Waals surface area contributed by atoms with E-state index in [0.29, 0.717) is 27.5 Å². The lowest BCUT2D eigenvalue weighted by molar-refractivity contribution is -0.114. The van der Waals surface area contributed by atoms with Crippen LogP contribution in [0.25, 0.3) is 6.08 Å². The van der Waals surface area contributed by atoms with Crippen molar-refractivity contribution in [3.63, 3.8) is 0 Å². The molecular weight excluding hydrogens is 340 g/mol. The van der Waals surface area contributed by atoms with Crippen LogP contribution < -0.4 is 4.74 Å². The van der Waals surface area contributed by atoms with E-state index in [1.54, 1.807) is 6.20 Å². The van der Waals surface area contributed by atoms with E-state index in [0.717, 1.165) is 11.3 Å². The number of allylic oxidation sites excluding steroid dienone is 1. The van der Waals surface area contributed by atoms with E-state index in [1.165, 1.54) is 23.1 Å². The number of benzene rings is 1. The van der Waals surface area contributed by atoms with Gasteiger partial charge in [-0.2, -0.15) is 0 Å². The van der Waals surface area contributed by atoms with E-state index in [2.05, 4.69) is 18.8 Å². The second-order valence-corrected chi connectivity index (χ2v) is 7.93. The predicted molar refractivity (Wildman–Crippen MR) is 99.9 cm³/mol. The van der Waals surface area contributed by atoms with Gasteiger partial charge in [0.2, 0.25) is 0 Å². The number of nitrogens with zero attached hydrogens (tertiary/aromatic N) is 1. The monoisotopic (exact) mass is 358 g/mol. The van der Waals surface area contributed by atoms with Crippen molar-refractivity contribution in [2.75, 3.05) is 6.61 Å². The van der Waals surface area contributed by atoms with Crippen LogP contribution in [0.2, 0.25) is 0 Å². The van der Waals surface area contributed by atoms with Crippen LogP contribution in [0.5, 0.6) is 5.75 Å². The molecule has 1 aliphatic heterocycles. The number of ketones is 1. The van der Waals surface area contributed by atoms with Gasteiger partial charge in [-0.1, -0.05) is 37.7 Å². The third kappa shape index (κ3) is 3.76. The molecule has 0 amide bonds. The Morgan fingerprint density at radius 3 is 2.71 bits per heavy atom. The summed E-state index contributed by atoms with van der Waals surface area (Å²) in [6, 6.07) is 7.67. The number of thiazole rings is 1. The number of nitrogens with one attached hydrogen (secondary N) is 1. The Bertz CT molecular complexity index is 765. The summed E-state index contributed by atoms with van der Waals surface area (Å²) in [6.07, 6.45) is 3.50. The predicted octanol–water partition coefficient (Wildman–Crippen LogP) is 4.60. The second-order valence-electron chi connectivity index (χ2n) is 5.92. The van der Waals surface area contributed by atoms with Gasteiger partial charge in [0.25, 0.3) is 0 Å². The number of Topliss-reactive ketones (excluding diaryl/α,β-unsaturated/α-hetero) is 1. The van der Waals surface area contributed by atoms with Gasteiger partial charge >= 0.3 is 0 Å². The minimum atomic E-state index is -0.533. The Balaban J connectivity index is 1.74. The maximum absolute atomic E-state index is 12.6. The summed E-state index contributed by atoms with van der Waals surface area (Å²) in [6.45, 7) is 4.90. The van der Waals surface area contributed by atoms with Gasteiger partial charge in [0, 0.05) is 11.6 Å². The number of carbonyl (C=O) groups is 1. The third-order valence-corrected chi connectivity index (χ3v) is 5.28. The zero-order valence-corrected chi connectivity index (χ0v) is 15.1. The topological polar surface area (TPSA) is 63.0 Å². The first-order valence-electron chi connectivity index (χ1n) is 7.69. The molecule has 24 heavy (non-hydrogen) atoms. The Morgan fingerprint density at radius 2 is 2.08 bits per heavy atom. The van der Waals surface area contributed by atoms with Gasteiger partial charge in [-0.3, -0.25) is 10.2 Å². The molecule has 0 unspecified atom stereocenters. The van der Waals surface area contributed by atoms with Crippen LogP contribution in [0.4, 0.5) is 0 Å². The largest absolute Gasteiger partial charge is 0.493 e. The number of aromatic nitrogens is 1. The number of hydrogen-bond acceptors (Lipinski definition) is 6. The lowest BCUT2D eigenvalue weighted by atomic mass is 10.1. The average Bonchev–Trinajstić information content (AvgIpc) is 3.15. The fourth-order valence-electron chi connectivity index (χ4n) is 2.27. The van der Waals surface area contributed by atoms with Gasteiger partial charge in [-0.05, 0) is 29.7 Å². The average molecular weight is 358 g/mol. The van der Waals surface area contributed by atoms with Crippen LogP contribution in [0.1, 0.15) is 30.3 Å². The molecule has 1 aliphatic rings. The smallest absolute Gasteiger partial charge is 0.186 e. The minimum Gasteiger partial charge on any atom is -0.493 e. The summed E-state index contributed by atoms with van der Waals surface area (Å²) in [5.41, 5.74) is 0.926. The lowest BCUT2D eigenvalue weighted by Crippen LogP contribution is -2.11. The maximum Gasteiger partial charge on any atom is 0.186 e. The number of hydrogen-bond donors (Lipinski definition) is 1. The van der Waals surface area contributed by atoms with Crippen molar-refractivity contribution in [1.29, 1.82) is 5.41 Å². The van der Waals surface area contributed by atoms with Crippen molar-refractivity contribution in [3.8, 4) is 5.75 Å². The molecule has 2 aromatic rings. The first kappa shape index (κ1) is 16.9. The van der Waals surface area contributed by atoms with Crippen molar-refractivity contribution < 1.29 is 9.53 Å². The quantitative estimate of drug-likeness (QED) is 0.794. The summed E-state index contributed by atoms with van der Waals surface area (Å²) < 4.78 is 5.66. The number of thioether (sulfide) groups is 1. The molecule has 1 saturated heterocycles. The van der Waals surface area contributed by atoms with Gasteiger partial charge in [0.1, 0.15) is 16.7 Å². The number of ether oxygens (including phenoxy) is 1. The SMILES string of the molecule is CC(C)COc1ccc(/C=C2\SC(=N)[C@H](c3nccs3)C2=O)cc1. The summed E-state index contributed by atoms with van der Waals surface area (Å²) in [5, 5.41) is 11.0. The first-order chi connectivity index (χ1) is 11.5. The molecule has 1 atom stereocenters. The number of rotatable bonds is 5. The molecule has 0 aliphatic carbocycles. The normalized spacial score (nSPS) is 19.5. The summed E-state index contributed by atoms with van der Waals surface area (Å²) in [4.78, 5) is 17.4. The molecule has 0 bridgehead atoms. The zero-order chi connectivity index (χ0) is 17.1. The van der Waals surface area contributed by atoms with Crippen LogP contribution in [0, 0.1) is 11.3 Å². The minimum absolute atomic E-state index is 0.0416. The molecule has 1 aromatic heterocycles. The molecule has 0 spiro atoms. The first-order valence-corrected chi connectivity index (χ1v) is 9.38. The second kappa shape index (κ2) is 7.32. The maximum atomic E-state index is 12.6. The Morgan fingerprint density at radius 1 is 1.33 bits per heavy atom. The highest BCUT2D eigenvalue weighted by molar-refractivity contribution is 8.19. The highest BCUT2D eigenvalue weighted by Gasteiger charge is 2.38. The van der Waals surface area contributed by atoms with Crippen molar-refractivity contribution >= 4 is 40.0 Å². The fraction of sp³-hybridized carbons (Fsp3) is 0.278. The van der Waals surface area contributed by atoms with Crippen LogP contribution in [-0.4, -0.2) is 22.4 Å². The standard InChI is InChI=1S/C18H18N2O2S2/c1-11(2)10-22-13-5-3-12(4-6-13)9-14-16(21)15(17(19)24-14)18-20-7-8-23-18/h3-9,11,15,19H,10H2,1-2H3/b14-9-,19-17?/t15-/m1/s1. The molecule has 1 N–H and O–H groups in total. The molecule has 1 aromatic carbocycles. The van der Waals surface area contributed by atoms with Crippen molar-refractivity contribution in [1.82, 2.24) is 4.98 Å². The van der Waals surface area contributed by atoms with E-state index < -0.39 is 5.92 Å². The van der Waals surface area contributed by atoms with Crippen LogP contribution in [0.15, 0.2) is 40.7 Å². The molecule has 1 fully saturated rings. The van der Waals surface area contributed by atoms with Crippen LogP contribution in [-0.2, 0) is 4.79 Å². The summed E-state index contributed by atoms with van der Waals surface area (Å²) in [7, 11) is 0. The number of carbonyl (C=O) groups excluding carboxylic acids is 1. The van der Waals surface area contributed by atoms with E-state index in [-0.39, 0.29) is 5.78 Å². The van der Waals surface area contributed by atoms with E-state index in [4.69, 9.17) is 10.1 Å². The Hall–Kier alpha value is -1.92. The van der Waals surface area contributed by atoms with Gasteiger partial charge < -0.3 is 4.74 Å². The molecule has 0 radical (unpaired) electrons. The van der Waals surface area contributed by atoms with Crippen LogP contribution in [0.3, 0.4) is 0 Å². The lowest BCUT2D eigenvalue weighted by Gasteiger charge is -2.08. The van der Waals surface area contributed by atoms with Gasteiger partial charge in [0.15, 0.2) is 5.78 Å². The summed E-state index contributed by atoms with van der Waals surface area (Å²) in [5.74, 6) is 0.729. The summed E-state index contributed by atoms with van der Waals surface area (Å²) >= 11 is 2.64. The highest BCUT2D eigenvalue weighted by Crippen LogP contribution is 2.41.